The van der Waals surface area contributed by atoms with Gasteiger partial charge in [-0.2, -0.15) is 5.10 Å². The molecule has 0 aromatic carbocycles. The maximum atomic E-state index is 12.2. The molecule has 112 valence electrons. The zero-order valence-corrected chi connectivity index (χ0v) is 13.3. The van der Waals surface area contributed by atoms with Gasteiger partial charge in [0.25, 0.3) is 5.91 Å². The lowest BCUT2D eigenvalue weighted by molar-refractivity contribution is -0.121. The molecule has 2 aromatic heterocycles. The molecule has 2 rings (SSSR count). The van der Waals surface area contributed by atoms with E-state index >= 15 is 0 Å². The van der Waals surface area contributed by atoms with E-state index in [0.29, 0.717) is 17.9 Å². The third-order valence-electron chi connectivity index (χ3n) is 2.91. The number of nitrogens with one attached hydrogen (secondary N) is 2. The predicted molar refractivity (Wildman–Crippen MR) is 82.1 cm³/mol. The molecule has 2 amide bonds. The first-order valence-corrected chi connectivity index (χ1v) is 7.22. The van der Waals surface area contributed by atoms with Crippen LogP contribution in [0, 0.1) is 0 Å². The fraction of sp³-hybridized carbons (Fsp3) is 0.308. The lowest BCUT2D eigenvalue weighted by Gasteiger charge is -2.05. The van der Waals surface area contributed by atoms with Gasteiger partial charge in [-0.15, -0.1) is 0 Å². The highest BCUT2D eigenvalue weighted by Gasteiger charge is 2.13. The number of rotatable bonds is 5. The molecule has 0 fully saturated rings. The number of nitrogens with zero attached hydrogens (tertiary/aromatic N) is 3. The van der Waals surface area contributed by atoms with Gasteiger partial charge in [0, 0.05) is 30.5 Å². The molecule has 0 unspecified atom stereocenters. The topological polar surface area (TPSA) is 81.0 Å². The summed E-state index contributed by atoms with van der Waals surface area (Å²) in [5.41, 5.74) is 1.10. The van der Waals surface area contributed by atoms with Gasteiger partial charge in [0.15, 0.2) is 0 Å². The summed E-state index contributed by atoms with van der Waals surface area (Å²) in [6.45, 7) is 2.78. The van der Waals surface area contributed by atoms with Crippen molar-refractivity contribution in [1.29, 1.82) is 0 Å². The number of carbonyl (C=O) groups is 2. The van der Waals surface area contributed by atoms with E-state index in [4.69, 9.17) is 0 Å². The summed E-state index contributed by atoms with van der Waals surface area (Å²) in [4.78, 5) is 23.5. The number of aromatic nitrogens is 3. The lowest BCUT2D eigenvalue weighted by Crippen LogP contribution is -2.23. The molecule has 0 radical (unpaired) electrons. The number of likely N-dealkylation sites (N-methyl/N-ethyl adjacent to an activating group) is 1. The fourth-order valence-corrected chi connectivity index (χ4v) is 2.33. The molecule has 2 N–H and O–H groups in total. The van der Waals surface area contributed by atoms with Gasteiger partial charge >= 0.3 is 0 Å². The van der Waals surface area contributed by atoms with E-state index in [1.54, 1.807) is 19.3 Å². The molecule has 0 aliphatic rings. The minimum Gasteiger partial charge on any atom is -0.358 e. The van der Waals surface area contributed by atoms with E-state index in [9.17, 15) is 9.59 Å². The Kier molecular flexibility index (Phi) is 4.79. The summed E-state index contributed by atoms with van der Waals surface area (Å²) in [6, 6.07) is 1.76. The highest BCUT2D eigenvalue weighted by molar-refractivity contribution is 9.10. The summed E-state index contributed by atoms with van der Waals surface area (Å²) in [7, 11) is 1.56. The molecule has 0 aliphatic carbocycles. The van der Waals surface area contributed by atoms with Crippen molar-refractivity contribution in [3.8, 4) is 0 Å². The van der Waals surface area contributed by atoms with E-state index in [2.05, 4.69) is 31.7 Å². The van der Waals surface area contributed by atoms with E-state index in [1.807, 2.05) is 17.7 Å². The SMILES string of the molecule is CCn1cc(Br)cc1C(=O)Nc1cnn(CC(=O)NC)c1. The summed E-state index contributed by atoms with van der Waals surface area (Å²) in [5, 5.41) is 9.30. The second-order valence-electron chi connectivity index (χ2n) is 4.38. The zero-order chi connectivity index (χ0) is 15.4. The molecule has 0 spiro atoms. The normalized spacial score (nSPS) is 10.4. The highest BCUT2D eigenvalue weighted by Crippen LogP contribution is 2.16. The van der Waals surface area contributed by atoms with Crippen molar-refractivity contribution in [2.45, 2.75) is 20.0 Å². The van der Waals surface area contributed by atoms with Crippen LogP contribution in [0.4, 0.5) is 5.69 Å². The van der Waals surface area contributed by atoms with Crippen molar-refractivity contribution in [2.75, 3.05) is 12.4 Å². The zero-order valence-electron chi connectivity index (χ0n) is 11.8. The number of carbonyl (C=O) groups excluding carboxylic acids is 2. The highest BCUT2D eigenvalue weighted by atomic mass is 79.9. The molecule has 21 heavy (non-hydrogen) atoms. The predicted octanol–water partition coefficient (Wildman–Crippen LogP) is 1.47. The maximum Gasteiger partial charge on any atom is 0.272 e. The molecule has 0 aliphatic heterocycles. The van der Waals surface area contributed by atoms with Crippen LogP contribution in [0.1, 0.15) is 17.4 Å². The average Bonchev–Trinajstić information content (AvgIpc) is 3.05. The Balaban J connectivity index is 2.07. The summed E-state index contributed by atoms with van der Waals surface area (Å²) < 4.78 is 4.15. The standard InChI is InChI=1S/C13H16BrN5O2/c1-3-18-6-9(14)4-11(18)13(21)17-10-5-16-19(7-10)8-12(20)15-2/h4-7H,3,8H2,1-2H3,(H,15,20)(H,17,21). The van der Waals surface area contributed by atoms with Crippen LogP contribution in [-0.2, 0) is 17.9 Å². The number of hydrogen-bond donors (Lipinski definition) is 2. The van der Waals surface area contributed by atoms with E-state index in [1.165, 1.54) is 10.9 Å². The third kappa shape index (κ3) is 3.72. The molecule has 0 saturated heterocycles. The molecule has 7 nitrogen and oxygen atoms in total. The molecular weight excluding hydrogens is 338 g/mol. The molecule has 2 aromatic rings. The Bertz CT molecular complexity index is 661. The van der Waals surface area contributed by atoms with Crippen LogP contribution in [0.25, 0.3) is 0 Å². The van der Waals surface area contributed by atoms with Gasteiger partial charge in [-0.05, 0) is 28.9 Å². The Morgan fingerprint density at radius 3 is 2.81 bits per heavy atom. The number of anilines is 1. The molecule has 2 heterocycles. The molecule has 0 bridgehead atoms. The largest absolute Gasteiger partial charge is 0.358 e. The first kappa shape index (κ1) is 15.3. The van der Waals surface area contributed by atoms with Crippen LogP contribution in [0.15, 0.2) is 29.1 Å². The van der Waals surface area contributed by atoms with Crippen LogP contribution in [0.2, 0.25) is 0 Å². The summed E-state index contributed by atoms with van der Waals surface area (Å²) >= 11 is 3.35. The summed E-state index contributed by atoms with van der Waals surface area (Å²) in [5.74, 6) is -0.373. The Morgan fingerprint density at radius 1 is 1.38 bits per heavy atom. The Hall–Kier alpha value is -2.09. The summed E-state index contributed by atoms with van der Waals surface area (Å²) in [6.07, 6.45) is 4.97. The van der Waals surface area contributed by atoms with Crippen molar-refractivity contribution in [1.82, 2.24) is 19.7 Å². The number of halogens is 1. The number of amides is 2. The van der Waals surface area contributed by atoms with Crippen LogP contribution in [0.5, 0.6) is 0 Å². The molecule has 0 saturated carbocycles. The van der Waals surface area contributed by atoms with Gasteiger partial charge in [-0.25, -0.2) is 0 Å². The van der Waals surface area contributed by atoms with Gasteiger partial charge in [0.1, 0.15) is 12.2 Å². The second-order valence-corrected chi connectivity index (χ2v) is 5.30. The quantitative estimate of drug-likeness (QED) is 0.853. The van der Waals surface area contributed by atoms with Gasteiger partial charge in [-0.3, -0.25) is 14.3 Å². The van der Waals surface area contributed by atoms with Crippen molar-refractivity contribution >= 4 is 33.4 Å². The van der Waals surface area contributed by atoms with E-state index < -0.39 is 0 Å². The first-order chi connectivity index (χ1) is 10.0. The smallest absolute Gasteiger partial charge is 0.272 e. The van der Waals surface area contributed by atoms with Crippen LogP contribution < -0.4 is 10.6 Å². The van der Waals surface area contributed by atoms with Crippen molar-refractivity contribution in [2.24, 2.45) is 0 Å². The van der Waals surface area contributed by atoms with E-state index in [-0.39, 0.29) is 18.4 Å². The lowest BCUT2D eigenvalue weighted by atomic mass is 10.4. The Morgan fingerprint density at radius 2 is 2.14 bits per heavy atom. The third-order valence-corrected chi connectivity index (χ3v) is 3.35. The van der Waals surface area contributed by atoms with Crippen LogP contribution in [0.3, 0.4) is 0 Å². The first-order valence-electron chi connectivity index (χ1n) is 6.43. The van der Waals surface area contributed by atoms with Gasteiger partial charge in [0.05, 0.1) is 11.9 Å². The monoisotopic (exact) mass is 353 g/mol. The van der Waals surface area contributed by atoms with Gasteiger partial charge in [0.2, 0.25) is 5.91 Å². The minimum absolute atomic E-state index is 0.114. The van der Waals surface area contributed by atoms with Crippen LogP contribution in [-0.4, -0.2) is 33.2 Å². The second kappa shape index (κ2) is 6.57. The van der Waals surface area contributed by atoms with Crippen molar-refractivity contribution in [3.63, 3.8) is 0 Å². The maximum absolute atomic E-state index is 12.2. The Labute approximate surface area is 130 Å². The molecule has 8 heteroatoms. The number of hydrogen-bond acceptors (Lipinski definition) is 3. The fourth-order valence-electron chi connectivity index (χ4n) is 1.86. The molecular formula is C13H16BrN5O2. The van der Waals surface area contributed by atoms with Crippen molar-refractivity contribution in [3.05, 3.63) is 34.8 Å². The van der Waals surface area contributed by atoms with E-state index in [0.717, 1.165) is 4.47 Å². The average molecular weight is 354 g/mol. The van der Waals surface area contributed by atoms with Gasteiger partial charge in [-0.1, -0.05) is 0 Å². The van der Waals surface area contributed by atoms with Crippen molar-refractivity contribution < 1.29 is 9.59 Å². The molecule has 0 atom stereocenters. The van der Waals surface area contributed by atoms with Crippen LogP contribution >= 0.6 is 15.9 Å². The number of aryl methyl sites for hydroxylation is 1. The van der Waals surface area contributed by atoms with Gasteiger partial charge < -0.3 is 15.2 Å². The minimum atomic E-state index is -0.220.